The van der Waals surface area contributed by atoms with Gasteiger partial charge in [-0.25, -0.2) is 4.98 Å². The van der Waals surface area contributed by atoms with E-state index in [9.17, 15) is 5.11 Å². The molecule has 1 N–H and O–H groups in total. The SMILES string of the molecule is O[C@@]1(c2csc3c(N4CCCC4)cc(Cl)nc23)O[C@H](COCc2ccccc2)[C@@H](OCc2ccccc2)[C@H]1OCc1ccccc1. The van der Waals surface area contributed by atoms with Gasteiger partial charge in [0.1, 0.15) is 23.5 Å². The minimum atomic E-state index is -1.88. The second-order valence-corrected chi connectivity index (χ2v) is 13.1. The number of aromatic nitrogens is 1. The van der Waals surface area contributed by atoms with Gasteiger partial charge in [-0.15, -0.1) is 11.3 Å². The first-order valence-corrected chi connectivity index (χ1v) is 17.0. The molecule has 2 aromatic heterocycles. The van der Waals surface area contributed by atoms with E-state index in [1.165, 1.54) is 11.3 Å². The Morgan fingerprint density at radius 2 is 1.43 bits per heavy atom. The molecule has 2 aliphatic heterocycles. The molecule has 0 saturated carbocycles. The molecule has 2 saturated heterocycles. The van der Waals surface area contributed by atoms with Crippen LogP contribution in [-0.2, 0) is 44.6 Å². The highest BCUT2D eigenvalue weighted by molar-refractivity contribution is 7.18. The van der Waals surface area contributed by atoms with Gasteiger partial charge in [-0.05, 0) is 29.5 Å². The van der Waals surface area contributed by atoms with Crippen molar-refractivity contribution in [2.24, 2.45) is 0 Å². The molecule has 46 heavy (non-hydrogen) atoms. The maximum atomic E-state index is 12.7. The maximum absolute atomic E-state index is 12.7. The number of pyridine rings is 1. The quantitative estimate of drug-likeness (QED) is 0.140. The molecule has 0 aliphatic carbocycles. The first-order valence-electron chi connectivity index (χ1n) is 15.7. The molecule has 7 nitrogen and oxygen atoms in total. The fraction of sp³-hybridized carbons (Fsp3) is 0.324. The molecule has 3 aromatic carbocycles. The van der Waals surface area contributed by atoms with Gasteiger partial charge in [0.05, 0.1) is 47.9 Å². The highest BCUT2D eigenvalue weighted by Gasteiger charge is 2.58. The van der Waals surface area contributed by atoms with E-state index in [0.717, 1.165) is 53.0 Å². The number of benzene rings is 3. The number of fused-ring (bicyclic) bond motifs is 1. The molecule has 0 spiro atoms. The van der Waals surface area contributed by atoms with Crippen LogP contribution in [0.4, 0.5) is 5.69 Å². The van der Waals surface area contributed by atoms with E-state index < -0.39 is 24.1 Å². The highest BCUT2D eigenvalue weighted by Crippen LogP contribution is 2.47. The third-order valence-corrected chi connectivity index (χ3v) is 9.82. The Bertz CT molecular complexity index is 1720. The number of halogens is 1. The van der Waals surface area contributed by atoms with Crippen LogP contribution in [0.25, 0.3) is 10.2 Å². The van der Waals surface area contributed by atoms with Crippen LogP contribution in [0.3, 0.4) is 0 Å². The Hall–Kier alpha value is -3.34. The molecule has 0 radical (unpaired) electrons. The second kappa shape index (κ2) is 14.2. The van der Waals surface area contributed by atoms with Gasteiger partial charge in [0.25, 0.3) is 0 Å². The minimum Gasteiger partial charge on any atom is -0.374 e. The van der Waals surface area contributed by atoms with Gasteiger partial charge in [0, 0.05) is 24.5 Å². The van der Waals surface area contributed by atoms with Gasteiger partial charge in [-0.2, -0.15) is 0 Å². The minimum absolute atomic E-state index is 0.192. The highest BCUT2D eigenvalue weighted by atomic mass is 35.5. The van der Waals surface area contributed by atoms with Crippen LogP contribution in [0.2, 0.25) is 5.15 Å². The van der Waals surface area contributed by atoms with E-state index in [0.29, 0.717) is 29.4 Å². The van der Waals surface area contributed by atoms with E-state index >= 15 is 0 Å². The number of aliphatic hydroxyl groups is 1. The Balaban J connectivity index is 1.25. The fourth-order valence-corrected chi connectivity index (χ4v) is 7.61. The summed E-state index contributed by atoms with van der Waals surface area (Å²) in [4.78, 5) is 7.08. The number of nitrogens with zero attached hydrogens (tertiary/aromatic N) is 2. The molecule has 2 aliphatic rings. The lowest BCUT2D eigenvalue weighted by atomic mass is 9.98. The average molecular weight is 657 g/mol. The van der Waals surface area contributed by atoms with Crippen LogP contribution in [0.15, 0.2) is 102 Å². The van der Waals surface area contributed by atoms with Gasteiger partial charge >= 0.3 is 0 Å². The smallest absolute Gasteiger partial charge is 0.225 e. The lowest BCUT2D eigenvalue weighted by molar-refractivity contribution is -0.252. The van der Waals surface area contributed by atoms with E-state index in [4.69, 9.17) is 35.5 Å². The van der Waals surface area contributed by atoms with Crippen molar-refractivity contribution in [1.29, 1.82) is 0 Å². The molecular formula is C37H37ClN2O5S. The maximum Gasteiger partial charge on any atom is 0.225 e. The third-order valence-electron chi connectivity index (χ3n) is 8.64. The van der Waals surface area contributed by atoms with Crippen LogP contribution in [-0.4, -0.2) is 48.1 Å². The lowest BCUT2D eigenvalue weighted by Crippen LogP contribution is -2.44. The molecular weight excluding hydrogens is 620 g/mol. The normalized spacial score (nSPS) is 23.0. The lowest BCUT2D eigenvalue weighted by Gasteiger charge is -2.30. The number of hydrogen-bond donors (Lipinski definition) is 1. The summed E-state index contributed by atoms with van der Waals surface area (Å²) in [6, 6.07) is 31.8. The molecule has 7 rings (SSSR count). The molecule has 5 aromatic rings. The predicted molar refractivity (Wildman–Crippen MR) is 181 cm³/mol. The number of thiophene rings is 1. The monoisotopic (exact) mass is 656 g/mol. The summed E-state index contributed by atoms with van der Waals surface area (Å²) >= 11 is 8.17. The zero-order chi connectivity index (χ0) is 31.3. The van der Waals surface area contributed by atoms with Crippen LogP contribution < -0.4 is 4.90 Å². The van der Waals surface area contributed by atoms with Crippen LogP contribution in [0.5, 0.6) is 0 Å². The topological polar surface area (TPSA) is 73.3 Å². The van der Waals surface area contributed by atoms with Gasteiger partial charge in [0.2, 0.25) is 5.79 Å². The van der Waals surface area contributed by atoms with Gasteiger partial charge < -0.3 is 29.0 Å². The van der Waals surface area contributed by atoms with Crippen molar-refractivity contribution < 1.29 is 24.1 Å². The first-order chi connectivity index (χ1) is 22.6. The summed E-state index contributed by atoms with van der Waals surface area (Å²) in [5, 5.41) is 15.0. The Labute approximate surface area is 278 Å². The molecule has 4 heterocycles. The molecule has 2 fully saturated rings. The van der Waals surface area contributed by atoms with Gasteiger partial charge in [-0.1, -0.05) is 103 Å². The Morgan fingerprint density at radius 3 is 2.07 bits per heavy atom. The van der Waals surface area contributed by atoms with Crippen molar-refractivity contribution in [3.05, 3.63) is 130 Å². The van der Waals surface area contributed by atoms with Crippen LogP contribution in [0.1, 0.15) is 35.1 Å². The van der Waals surface area contributed by atoms with Crippen molar-refractivity contribution in [2.45, 2.75) is 56.8 Å². The molecule has 4 atom stereocenters. The van der Waals surface area contributed by atoms with Crippen molar-refractivity contribution in [2.75, 3.05) is 24.6 Å². The molecule has 0 unspecified atom stereocenters. The summed E-state index contributed by atoms with van der Waals surface area (Å²) in [5.41, 5.74) is 5.20. The summed E-state index contributed by atoms with van der Waals surface area (Å²) in [5.74, 6) is -1.88. The zero-order valence-corrected chi connectivity index (χ0v) is 27.0. The molecule has 0 amide bonds. The second-order valence-electron chi connectivity index (χ2n) is 11.8. The van der Waals surface area contributed by atoms with E-state index in [-0.39, 0.29) is 13.2 Å². The van der Waals surface area contributed by atoms with Crippen LogP contribution in [0, 0.1) is 0 Å². The van der Waals surface area contributed by atoms with Crippen molar-refractivity contribution in [1.82, 2.24) is 4.98 Å². The van der Waals surface area contributed by atoms with E-state index in [1.54, 1.807) is 0 Å². The first kappa shape index (κ1) is 31.3. The van der Waals surface area contributed by atoms with E-state index in [1.807, 2.05) is 102 Å². The van der Waals surface area contributed by atoms with Crippen molar-refractivity contribution in [3.8, 4) is 0 Å². The van der Waals surface area contributed by atoms with Crippen molar-refractivity contribution >= 4 is 38.8 Å². The standard InChI is InChI=1S/C37H37ClN2O5S/c38-32-20-30(40-18-10-11-19-40)35-33(39-32)29(25-46-35)37(41)36(44-23-28-16-8-3-9-17-28)34(43-22-27-14-6-2-7-15-27)31(45-37)24-42-21-26-12-4-1-5-13-26/h1-9,12-17,20,25,31,34,36,41H,10-11,18-19,21-24H2/t31-,34-,36-,37+/m1/s1. The molecule has 238 valence electrons. The van der Waals surface area contributed by atoms with Crippen LogP contribution >= 0.6 is 22.9 Å². The average Bonchev–Trinajstić information content (AvgIpc) is 3.83. The number of rotatable bonds is 12. The Kier molecular flexibility index (Phi) is 9.65. The summed E-state index contributed by atoms with van der Waals surface area (Å²) in [7, 11) is 0. The number of hydrogen-bond acceptors (Lipinski definition) is 8. The Morgan fingerprint density at radius 1 is 0.848 bits per heavy atom. The number of anilines is 1. The predicted octanol–water partition coefficient (Wildman–Crippen LogP) is 7.48. The number of ether oxygens (including phenoxy) is 4. The van der Waals surface area contributed by atoms with Gasteiger partial charge in [0.15, 0.2) is 0 Å². The summed E-state index contributed by atoms with van der Waals surface area (Å²) in [6.07, 6.45) is 0.0817. The summed E-state index contributed by atoms with van der Waals surface area (Å²) in [6.45, 7) is 3.09. The van der Waals surface area contributed by atoms with Gasteiger partial charge in [-0.3, -0.25) is 0 Å². The molecule has 9 heteroatoms. The van der Waals surface area contributed by atoms with Crippen molar-refractivity contribution in [3.63, 3.8) is 0 Å². The largest absolute Gasteiger partial charge is 0.374 e. The molecule has 0 bridgehead atoms. The zero-order valence-electron chi connectivity index (χ0n) is 25.5. The third kappa shape index (κ3) is 6.71. The van der Waals surface area contributed by atoms with E-state index in [2.05, 4.69) is 4.90 Å². The fourth-order valence-electron chi connectivity index (χ4n) is 6.33. The summed E-state index contributed by atoms with van der Waals surface area (Å²) < 4.78 is 27.0.